The van der Waals surface area contributed by atoms with E-state index in [0.29, 0.717) is 17.2 Å². The molecule has 0 aliphatic rings. The Morgan fingerprint density at radius 1 is 1.25 bits per heavy atom. The summed E-state index contributed by atoms with van der Waals surface area (Å²) in [5.74, 6) is 1.31. The van der Waals surface area contributed by atoms with E-state index < -0.39 is 0 Å². The van der Waals surface area contributed by atoms with Crippen molar-refractivity contribution in [2.75, 3.05) is 20.0 Å². The molecule has 0 atom stereocenters. The quantitative estimate of drug-likeness (QED) is 0.784. The van der Waals surface area contributed by atoms with Crippen molar-refractivity contribution in [2.24, 2.45) is 0 Å². The average Bonchev–Trinajstić information content (AvgIpc) is 2.29. The van der Waals surface area contributed by atoms with E-state index in [-0.39, 0.29) is 0 Å². The summed E-state index contributed by atoms with van der Waals surface area (Å²) in [7, 11) is 3.20. The number of pyridine rings is 1. The van der Waals surface area contributed by atoms with Gasteiger partial charge in [-0.25, -0.2) is 0 Å². The summed E-state index contributed by atoms with van der Waals surface area (Å²) in [4.78, 5) is 4.27. The van der Waals surface area contributed by atoms with E-state index in [1.54, 1.807) is 26.5 Å². The van der Waals surface area contributed by atoms with Gasteiger partial charge in [0, 0.05) is 12.3 Å². The van der Waals surface area contributed by atoms with Crippen LogP contribution in [0.4, 0.5) is 5.69 Å². The van der Waals surface area contributed by atoms with E-state index in [4.69, 9.17) is 15.2 Å². The van der Waals surface area contributed by atoms with Gasteiger partial charge in [0.05, 0.1) is 30.8 Å². The van der Waals surface area contributed by atoms with Gasteiger partial charge in [-0.1, -0.05) is 0 Å². The van der Waals surface area contributed by atoms with E-state index >= 15 is 0 Å². The van der Waals surface area contributed by atoms with Gasteiger partial charge in [-0.15, -0.1) is 0 Å². The van der Waals surface area contributed by atoms with Gasteiger partial charge >= 0.3 is 0 Å². The molecule has 0 saturated carbocycles. The van der Waals surface area contributed by atoms with Crippen LogP contribution in [-0.4, -0.2) is 19.2 Å². The number of methoxy groups -OCH3 is 2. The molecular formula is C12H14N2O2. The molecule has 2 aromatic rings. The normalized spacial score (nSPS) is 10.4. The number of aromatic nitrogens is 1. The summed E-state index contributed by atoms with van der Waals surface area (Å²) in [6, 6.07) is 3.65. The summed E-state index contributed by atoms with van der Waals surface area (Å²) in [6.07, 6.45) is 1.74. The van der Waals surface area contributed by atoms with Crippen molar-refractivity contribution in [1.29, 1.82) is 0 Å². The molecule has 84 valence electrons. The van der Waals surface area contributed by atoms with Crippen LogP contribution < -0.4 is 15.2 Å². The Balaban J connectivity index is 2.93. The van der Waals surface area contributed by atoms with E-state index in [9.17, 15) is 0 Å². The van der Waals surface area contributed by atoms with Crippen molar-refractivity contribution in [3.63, 3.8) is 0 Å². The summed E-state index contributed by atoms with van der Waals surface area (Å²) in [5, 5.41) is 0.904. The molecule has 0 bridgehead atoms. The first-order valence-corrected chi connectivity index (χ1v) is 4.94. The van der Waals surface area contributed by atoms with E-state index in [1.807, 2.05) is 13.0 Å². The molecule has 0 aliphatic heterocycles. The second-order valence-corrected chi connectivity index (χ2v) is 3.55. The van der Waals surface area contributed by atoms with Gasteiger partial charge in [-0.3, -0.25) is 4.98 Å². The monoisotopic (exact) mass is 218 g/mol. The molecule has 1 heterocycles. The van der Waals surface area contributed by atoms with Crippen LogP contribution >= 0.6 is 0 Å². The van der Waals surface area contributed by atoms with Gasteiger partial charge in [0.2, 0.25) is 0 Å². The average molecular weight is 218 g/mol. The minimum absolute atomic E-state index is 0.594. The molecule has 4 nitrogen and oxygen atoms in total. The molecule has 16 heavy (non-hydrogen) atoms. The summed E-state index contributed by atoms with van der Waals surface area (Å²) >= 11 is 0. The predicted octanol–water partition coefficient (Wildman–Crippen LogP) is 2.14. The first-order valence-electron chi connectivity index (χ1n) is 4.94. The molecule has 0 radical (unpaired) electrons. The van der Waals surface area contributed by atoms with E-state index in [2.05, 4.69) is 4.98 Å². The Morgan fingerprint density at radius 2 is 2.00 bits per heavy atom. The number of aryl methyl sites for hydroxylation is 1. The maximum absolute atomic E-state index is 5.93. The fourth-order valence-corrected chi connectivity index (χ4v) is 1.82. The summed E-state index contributed by atoms with van der Waals surface area (Å²) in [5.41, 5.74) is 8.33. The largest absolute Gasteiger partial charge is 0.493 e. The second kappa shape index (κ2) is 3.89. The standard InChI is InChI=1S/C12H14N2O2/c1-7-4-5-14-11-8(13)6-9(15-2)12(16-3)10(7)11/h4-6H,13H2,1-3H3. The molecule has 0 fully saturated rings. The van der Waals surface area contributed by atoms with Gasteiger partial charge in [0.1, 0.15) is 0 Å². The van der Waals surface area contributed by atoms with Crippen molar-refractivity contribution in [3.8, 4) is 11.5 Å². The maximum Gasteiger partial charge on any atom is 0.170 e. The fraction of sp³-hybridized carbons (Fsp3) is 0.250. The second-order valence-electron chi connectivity index (χ2n) is 3.55. The Hall–Kier alpha value is -1.97. The van der Waals surface area contributed by atoms with E-state index in [0.717, 1.165) is 16.5 Å². The zero-order valence-electron chi connectivity index (χ0n) is 9.57. The SMILES string of the molecule is COc1cc(N)c2nccc(C)c2c1OC. The lowest BCUT2D eigenvalue weighted by Gasteiger charge is -2.13. The first kappa shape index (κ1) is 10.5. The van der Waals surface area contributed by atoms with E-state index in [1.165, 1.54) is 0 Å². The van der Waals surface area contributed by atoms with Crippen LogP contribution in [-0.2, 0) is 0 Å². The van der Waals surface area contributed by atoms with Gasteiger partial charge in [-0.2, -0.15) is 0 Å². The molecule has 1 aromatic heterocycles. The number of hydrogen-bond acceptors (Lipinski definition) is 4. The van der Waals surface area contributed by atoms with Crippen molar-refractivity contribution >= 4 is 16.6 Å². The number of nitrogen functional groups attached to an aromatic ring is 1. The highest BCUT2D eigenvalue weighted by Gasteiger charge is 2.14. The highest BCUT2D eigenvalue weighted by molar-refractivity contribution is 5.98. The van der Waals surface area contributed by atoms with Gasteiger partial charge in [0.15, 0.2) is 11.5 Å². The third-order valence-electron chi connectivity index (χ3n) is 2.59. The van der Waals surface area contributed by atoms with Crippen LogP contribution in [0.2, 0.25) is 0 Å². The number of benzene rings is 1. The van der Waals surface area contributed by atoms with Crippen molar-refractivity contribution in [1.82, 2.24) is 4.98 Å². The number of ether oxygens (including phenoxy) is 2. The molecule has 0 aliphatic carbocycles. The third-order valence-corrected chi connectivity index (χ3v) is 2.59. The van der Waals surface area contributed by atoms with Gasteiger partial charge in [-0.05, 0) is 18.6 Å². The Labute approximate surface area is 94.0 Å². The minimum Gasteiger partial charge on any atom is -0.493 e. The molecule has 2 N–H and O–H groups in total. The predicted molar refractivity (Wildman–Crippen MR) is 64.0 cm³/mol. The van der Waals surface area contributed by atoms with Crippen molar-refractivity contribution < 1.29 is 9.47 Å². The molecule has 0 unspecified atom stereocenters. The lowest BCUT2D eigenvalue weighted by Crippen LogP contribution is -1.98. The van der Waals surface area contributed by atoms with Crippen LogP contribution in [0.1, 0.15) is 5.56 Å². The van der Waals surface area contributed by atoms with Crippen LogP contribution in [0, 0.1) is 6.92 Å². The minimum atomic E-state index is 0.594. The molecule has 1 aromatic carbocycles. The Bertz CT molecular complexity index is 538. The fourth-order valence-electron chi connectivity index (χ4n) is 1.82. The first-order chi connectivity index (χ1) is 7.69. The molecule has 0 amide bonds. The lowest BCUT2D eigenvalue weighted by atomic mass is 10.1. The highest BCUT2D eigenvalue weighted by atomic mass is 16.5. The third kappa shape index (κ3) is 1.43. The maximum atomic E-state index is 5.93. The van der Waals surface area contributed by atoms with Crippen LogP contribution in [0.15, 0.2) is 18.3 Å². The van der Waals surface area contributed by atoms with Gasteiger partial charge < -0.3 is 15.2 Å². The molecule has 0 spiro atoms. The van der Waals surface area contributed by atoms with Crippen LogP contribution in [0.3, 0.4) is 0 Å². The summed E-state index contributed by atoms with van der Waals surface area (Å²) < 4.78 is 10.6. The smallest absolute Gasteiger partial charge is 0.170 e. The molecular weight excluding hydrogens is 204 g/mol. The number of anilines is 1. The number of fused-ring (bicyclic) bond motifs is 1. The zero-order chi connectivity index (χ0) is 11.7. The Morgan fingerprint density at radius 3 is 2.62 bits per heavy atom. The molecule has 2 rings (SSSR count). The highest BCUT2D eigenvalue weighted by Crippen LogP contribution is 2.39. The number of nitrogens with two attached hydrogens (primary N) is 1. The number of hydrogen-bond donors (Lipinski definition) is 1. The Kier molecular flexibility index (Phi) is 2.56. The van der Waals surface area contributed by atoms with Crippen LogP contribution in [0.5, 0.6) is 11.5 Å². The van der Waals surface area contributed by atoms with Gasteiger partial charge in [0.25, 0.3) is 0 Å². The number of nitrogens with zero attached hydrogens (tertiary/aromatic N) is 1. The topological polar surface area (TPSA) is 57.4 Å². The number of rotatable bonds is 2. The van der Waals surface area contributed by atoms with Crippen molar-refractivity contribution in [2.45, 2.75) is 6.92 Å². The summed E-state index contributed by atoms with van der Waals surface area (Å²) in [6.45, 7) is 1.99. The van der Waals surface area contributed by atoms with Crippen LogP contribution in [0.25, 0.3) is 10.9 Å². The molecule has 0 saturated heterocycles. The lowest BCUT2D eigenvalue weighted by molar-refractivity contribution is 0.358. The molecule has 4 heteroatoms. The van der Waals surface area contributed by atoms with Crippen molar-refractivity contribution in [3.05, 3.63) is 23.9 Å². The zero-order valence-corrected chi connectivity index (χ0v) is 9.57.